The molecule has 0 atom stereocenters. The minimum Gasteiger partial charge on any atom is -0.481 e. The highest BCUT2D eigenvalue weighted by atomic mass is 127. The van der Waals surface area contributed by atoms with Crippen molar-refractivity contribution < 1.29 is 14.7 Å². The first-order valence-corrected chi connectivity index (χ1v) is 7.43. The number of hydrogen-bond donors (Lipinski definition) is 2. The molecule has 1 aromatic rings. The summed E-state index contributed by atoms with van der Waals surface area (Å²) in [5.41, 5.74) is 0.659. The second kappa shape index (κ2) is 6.36. The van der Waals surface area contributed by atoms with Crippen molar-refractivity contribution in [1.82, 2.24) is 5.32 Å². The van der Waals surface area contributed by atoms with Gasteiger partial charge in [-0.15, -0.1) is 0 Å². The maximum Gasteiger partial charge on any atom is 0.306 e. The number of carboxylic acid groups (broad SMARTS) is 1. The van der Waals surface area contributed by atoms with Crippen molar-refractivity contribution in [2.75, 3.05) is 0 Å². The largest absolute Gasteiger partial charge is 0.481 e. The van der Waals surface area contributed by atoms with Gasteiger partial charge in [0.05, 0.1) is 5.92 Å². The average Bonchev–Trinajstić information content (AvgIpc) is 2.39. The molecule has 0 heterocycles. The van der Waals surface area contributed by atoms with Crippen molar-refractivity contribution in [2.24, 2.45) is 5.92 Å². The number of carboxylic acids is 1. The molecule has 0 aliphatic heterocycles. The van der Waals surface area contributed by atoms with Crippen molar-refractivity contribution in [3.63, 3.8) is 0 Å². The van der Waals surface area contributed by atoms with E-state index >= 15 is 0 Å². The van der Waals surface area contributed by atoms with Crippen molar-refractivity contribution in [3.05, 3.63) is 33.4 Å². The van der Waals surface area contributed by atoms with Crippen LogP contribution in [0, 0.1) is 9.49 Å². The molecule has 1 amide bonds. The number of halogens is 1. The van der Waals surface area contributed by atoms with Gasteiger partial charge in [-0.3, -0.25) is 9.59 Å². The summed E-state index contributed by atoms with van der Waals surface area (Å²) in [6.07, 6.45) is 2.78. The predicted octanol–water partition coefficient (Wildman–Crippen LogP) is 2.66. The van der Waals surface area contributed by atoms with Crippen LogP contribution in [0.15, 0.2) is 24.3 Å². The van der Waals surface area contributed by atoms with Crippen LogP contribution in [0.1, 0.15) is 36.0 Å². The molecule has 1 aliphatic carbocycles. The molecule has 0 aromatic heterocycles. The van der Waals surface area contributed by atoms with E-state index in [-0.39, 0.29) is 17.9 Å². The van der Waals surface area contributed by atoms with Gasteiger partial charge in [-0.1, -0.05) is 6.07 Å². The van der Waals surface area contributed by atoms with Crippen LogP contribution >= 0.6 is 22.6 Å². The maximum atomic E-state index is 12.0. The van der Waals surface area contributed by atoms with Crippen LogP contribution in [0.5, 0.6) is 0 Å². The van der Waals surface area contributed by atoms with E-state index in [9.17, 15) is 9.59 Å². The van der Waals surface area contributed by atoms with Gasteiger partial charge < -0.3 is 10.4 Å². The third kappa shape index (κ3) is 3.92. The first-order chi connectivity index (χ1) is 9.06. The molecule has 0 radical (unpaired) electrons. The van der Waals surface area contributed by atoms with E-state index in [2.05, 4.69) is 27.9 Å². The maximum absolute atomic E-state index is 12.0. The minimum absolute atomic E-state index is 0.0720. The Labute approximate surface area is 125 Å². The highest BCUT2D eigenvalue weighted by Crippen LogP contribution is 2.24. The molecule has 0 bridgehead atoms. The van der Waals surface area contributed by atoms with Gasteiger partial charge in [-0.25, -0.2) is 0 Å². The van der Waals surface area contributed by atoms with Gasteiger partial charge in [0, 0.05) is 15.2 Å². The van der Waals surface area contributed by atoms with Crippen LogP contribution in [0.4, 0.5) is 0 Å². The molecule has 5 heteroatoms. The molecule has 0 spiro atoms. The number of amides is 1. The lowest BCUT2D eigenvalue weighted by Crippen LogP contribution is -2.38. The number of rotatable bonds is 3. The van der Waals surface area contributed by atoms with E-state index in [0.717, 1.165) is 16.4 Å². The normalized spacial score (nSPS) is 22.8. The first-order valence-electron chi connectivity index (χ1n) is 6.35. The van der Waals surface area contributed by atoms with Crippen molar-refractivity contribution in [1.29, 1.82) is 0 Å². The number of hydrogen-bond acceptors (Lipinski definition) is 2. The van der Waals surface area contributed by atoms with Gasteiger partial charge in [-0.05, 0) is 66.5 Å². The summed E-state index contributed by atoms with van der Waals surface area (Å²) in [5.74, 6) is -1.04. The number of benzene rings is 1. The Kier molecular flexibility index (Phi) is 4.79. The standard InChI is InChI=1S/C14H16INO3/c15-11-3-1-2-10(8-11)13(17)16-12-6-4-9(5-7-12)14(18)19/h1-3,8-9,12H,4-7H2,(H,16,17)(H,18,19). The Hall–Kier alpha value is -1.11. The Balaban J connectivity index is 1.89. The summed E-state index contributed by atoms with van der Waals surface area (Å²) < 4.78 is 1.03. The second-order valence-electron chi connectivity index (χ2n) is 4.87. The number of aliphatic carboxylic acids is 1. The molecule has 1 aromatic carbocycles. The van der Waals surface area contributed by atoms with Crippen molar-refractivity contribution in [3.8, 4) is 0 Å². The van der Waals surface area contributed by atoms with E-state index < -0.39 is 5.97 Å². The molecule has 19 heavy (non-hydrogen) atoms. The van der Waals surface area contributed by atoms with Gasteiger partial charge in [0.2, 0.25) is 0 Å². The van der Waals surface area contributed by atoms with Crippen LogP contribution in [0.25, 0.3) is 0 Å². The molecule has 0 saturated heterocycles. The van der Waals surface area contributed by atoms with E-state index in [1.165, 1.54) is 0 Å². The zero-order chi connectivity index (χ0) is 13.8. The SMILES string of the molecule is O=C(NC1CCC(C(=O)O)CC1)c1cccc(I)c1. The Morgan fingerprint density at radius 3 is 2.47 bits per heavy atom. The lowest BCUT2D eigenvalue weighted by atomic mass is 9.86. The van der Waals surface area contributed by atoms with Crippen LogP contribution in [0.2, 0.25) is 0 Å². The summed E-state index contributed by atoms with van der Waals surface area (Å²) in [5, 5.41) is 11.9. The van der Waals surface area contributed by atoms with Crippen molar-refractivity contribution in [2.45, 2.75) is 31.7 Å². The number of carbonyl (C=O) groups excluding carboxylic acids is 1. The van der Waals surface area contributed by atoms with Gasteiger partial charge in [0.1, 0.15) is 0 Å². The quantitative estimate of drug-likeness (QED) is 0.801. The molecule has 1 saturated carbocycles. The molecule has 1 aliphatic rings. The minimum atomic E-state index is -0.720. The fourth-order valence-electron chi connectivity index (χ4n) is 2.38. The predicted molar refractivity (Wildman–Crippen MR) is 80.0 cm³/mol. The first kappa shape index (κ1) is 14.3. The Morgan fingerprint density at radius 1 is 1.21 bits per heavy atom. The molecule has 1 fully saturated rings. The zero-order valence-corrected chi connectivity index (χ0v) is 12.6. The van der Waals surface area contributed by atoms with E-state index in [4.69, 9.17) is 5.11 Å². The van der Waals surface area contributed by atoms with Crippen LogP contribution < -0.4 is 5.32 Å². The van der Waals surface area contributed by atoms with Gasteiger partial charge in [0.15, 0.2) is 0 Å². The summed E-state index contributed by atoms with van der Waals surface area (Å²) in [6, 6.07) is 7.54. The summed E-state index contributed by atoms with van der Waals surface area (Å²) >= 11 is 2.17. The fraction of sp³-hybridized carbons (Fsp3) is 0.429. The Morgan fingerprint density at radius 2 is 1.89 bits per heavy atom. The number of nitrogens with one attached hydrogen (secondary N) is 1. The highest BCUT2D eigenvalue weighted by Gasteiger charge is 2.26. The fourth-order valence-corrected chi connectivity index (χ4v) is 2.93. The smallest absolute Gasteiger partial charge is 0.306 e. The molecule has 2 rings (SSSR count). The second-order valence-corrected chi connectivity index (χ2v) is 6.12. The molecule has 4 nitrogen and oxygen atoms in total. The summed E-state index contributed by atoms with van der Waals surface area (Å²) in [7, 11) is 0. The molecule has 2 N–H and O–H groups in total. The lowest BCUT2D eigenvalue weighted by molar-refractivity contribution is -0.142. The summed E-state index contributed by atoms with van der Waals surface area (Å²) in [6.45, 7) is 0. The van der Waals surface area contributed by atoms with Crippen molar-refractivity contribution >= 4 is 34.5 Å². The number of carbonyl (C=O) groups is 2. The van der Waals surface area contributed by atoms with E-state index in [1.807, 2.05) is 18.2 Å². The molecular weight excluding hydrogens is 357 g/mol. The summed E-state index contributed by atoms with van der Waals surface area (Å²) in [4.78, 5) is 22.9. The molecule has 0 unspecified atom stereocenters. The van der Waals surface area contributed by atoms with Crippen LogP contribution in [0.3, 0.4) is 0 Å². The lowest BCUT2D eigenvalue weighted by Gasteiger charge is -2.26. The van der Waals surface area contributed by atoms with E-state index in [0.29, 0.717) is 18.4 Å². The van der Waals surface area contributed by atoms with Gasteiger partial charge in [-0.2, -0.15) is 0 Å². The van der Waals surface area contributed by atoms with Crippen LogP contribution in [-0.4, -0.2) is 23.0 Å². The van der Waals surface area contributed by atoms with Gasteiger partial charge in [0.25, 0.3) is 5.91 Å². The molecule has 102 valence electrons. The average molecular weight is 373 g/mol. The van der Waals surface area contributed by atoms with Gasteiger partial charge >= 0.3 is 5.97 Å². The third-order valence-corrected chi connectivity index (χ3v) is 4.17. The highest BCUT2D eigenvalue weighted by molar-refractivity contribution is 14.1. The van der Waals surface area contributed by atoms with Crippen LogP contribution in [-0.2, 0) is 4.79 Å². The van der Waals surface area contributed by atoms with E-state index in [1.54, 1.807) is 6.07 Å². The Bertz CT molecular complexity index is 481. The third-order valence-electron chi connectivity index (χ3n) is 3.50. The molecular formula is C14H16INO3. The topological polar surface area (TPSA) is 66.4 Å². The monoisotopic (exact) mass is 373 g/mol. The zero-order valence-electron chi connectivity index (χ0n) is 10.4.